The zero-order valence-electron chi connectivity index (χ0n) is 12.5. The number of nitrogens with one attached hydrogen (secondary N) is 1. The first kappa shape index (κ1) is 16.2. The molecule has 1 unspecified atom stereocenters. The largest absolute Gasteiger partial charge is 0.241 e. The summed E-state index contributed by atoms with van der Waals surface area (Å²) in [5.74, 6) is 0. The Balaban J connectivity index is 2.29. The van der Waals surface area contributed by atoms with Crippen molar-refractivity contribution in [3.8, 4) is 0 Å². The molecule has 0 aromatic heterocycles. The van der Waals surface area contributed by atoms with Gasteiger partial charge in [0.05, 0.1) is 10.9 Å². The molecular formula is C18H19NO2S. The van der Waals surface area contributed by atoms with Gasteiger partial charge in [-0.3, -0.25) is 0 Å². The Hall–Kier alpha value is -2.13. The zero-order chi connectivity index (χ0) is 16.0. The molecule has 0 saturated carbocycles. The van der Waals surface area contributed by atoms with E-state index in [1.54, 1.807) is 30.3 Å². The Morgan fingerprint density at radius 3 is 2.36 bits per heavy atom. The third kappa shape index (κ3) is 4.18. The topological polar surface area (TPSA) is 46.2 Å². The molecule has 1 atom stereocenters. The van der Waals surface area contributed by atoms with E-state index in [1.807, 2.05) is 37.3 Å². The highest BCUT2D eigenvalue weighted by atomic mass is 32.2. The number of hydrogen-bond acceptors (Lipinski definition) is 2. The fraction of sp³-hybridized carbons (Fsp3) is 0.167. The van der Waals surface area contributed by atoms with E-state index in [9.17, 15) is 8.42 Å². The van der Waals surface area contributed by atoms with Gasteiger partial charge in [0.1, 0.15) is 0 Å². The van der Waals surface area contributed by atoms with Crippen LogP contribution in [0.2, 0.25) is 0 Å². The molecule has 0 spiro atoms. The third-order valence-corrected chi connectivity index (χ3v) is 4.82. The lowest BCUT2D eigenvalue weighted by Crippen LogP contribution is -2.28. The number of sulfonamides is 1. The summed E-state index contributed by atoms with van der Waals surface area (Å²) in [5, 5.41) is 0. The van der Waals surface area contributed by atoms with Crippen molar-refractivity contribution in [1.82, 2.24) is 4.72 Å². The average Bonchev–Trinajstić information content (AvgIpc) is 2.52. The standard InChI is InChI=1S/C18H19NO2S/c1-3-4-10-18(16-8-6-5-7-9-16)19-22(20,21)17-13-11-15(2)12-14-17/h4-9,11-14,18-19H,1,10H2,2H3. The summed E-state index contributed by atoms with van der Waals surface area (Å²) in [6.07, 6.45) is 2.23. The predicted molar refractivity (Wildman–Crippen MR) is 89.0 cm³/mol. The smallest absolute Gasteiger partial charge is 0.207 e. The van der Waals surface area contributed by atoms with Crippen molar-refractivity contribution in [3.05, 3.63) is 84.1 Å². The Morgan fingerprint density at radius 1 is 1.14 bits per heavy atom. The number of rotatable bonds is 6. The van der Waals surface area contributed by atoms with Crippen molar-refractivity contribution >= 4 is 10.0 Å². The van der Waals surface area contributed by atoms with E-state index in [0.717, 1.165) is 11.1 Å². The highest BCUT2D eigenvalue weighted by molar-refractivity contribution is 7.89. The minimum atomic E-state index is -3.57. The molecule has 1 N–H and O–H groups in total. The zero-order valence-corrected chi connectivity index (χ0v) is 13.3. The van der Waals surface area contributed by atoms with E-state index in [0.29, 0.717) is 6.42 Å². The average molecular weight is 313 g/mol. The molecule has 0 aliphatic heterocycles. The van der Waals surface area contributed by atoms with Crippen LogP contribution >= 0.6 is 0 Å². The normalized spacial score (nSPS) is 12.4. The minimum Gasteiger partial charge on any atom is -0.207 e. The summed E-state index contributed by atoms with van der Waals surface area (Å²) in [4.78, 5) is 0.265. The summed E-state index contributed by atoms with van der Waals surface area (Å²) in [6, 6.07) is 15.9. The van der Waals surface area contributed by atoms with Gasteiger partial charge in [-0.05, 0) is 37.1 Å². The molecule has 0 heterocycles. The Labute approximate surface area is 132 Å². The van der Waals surface area contributed by atoms with Crippen LogP contribution in [0, 0.1) is 6.92 Å². The highest BCUT2D eigenvalue weighted by Crippen LogP contribution is 2.21. The molecule has 4 heteroatoms. The van der Waals surface area contributed by atoms with Gasteiger partial charge < -0.3 is 0 Å². The fourth-order valence-electron chi connectivity index (χ4n) is 2.11. The second-order valence-corrected chi connectivity index (χ2v) is 6.76. The van der Waals surface area contributed by atoms with E-state index in [-0.39, 0.29) is 10.9 Å². The van der Waals surface area contributed by atoms with Crippen molar-refractivity contribution in [3.63, 3.8) is 0 Å². The summed E-state index contributed by atoms with van der Waals surface area (Å²) in [5.41, 5.74) is 4.62. The summed E-state index contributed by atoms with van der Waals surface area (Å²) < 4.78 is 27.8. The summed E-state index contributed by atoms with van der Waals surface area (Å²) in [6.45, 7) is 5.45. The van der Waals surface area contributed by atoms with Gasteiger partial charge in [-0.2, -0.15) is 0 Å². The predicted octanol–water partition coefficient (Wildman–Crippen LogP) is 3.75. The molecule has 0 amide bonds. The molecule has 0 radical (unpaired) electrons. The molecular weight excluding hydrogens is 294 g/mol. The van der Waals surface area contributed by atoms with Crippen molar-refractivity contribution < 1.29 is 8.42 Å². The molecule has 0 bridgehead atoms. The van der Waals surface area contributed by atoms with E-state index >= 15 is 0 Å². The Kier molecular flexibility index (Phi) is 5.34. The van der Waals surface area contributed by atoms with Crippen LogP contribution in [0.5, 0.6) is 0 Å². The number of aryl methyl sites for hydroxylation is 1. The Morgan fingerprint density at radius 2 is 1.77 bits per heavy atom. The van der Waals surface area contributed by atoms with Crippen molar-refractivity contribution in [2.75, 3.05) is 0 Å². The van der Waals surface area contributed by atoms with Gasteiger partial charge in [-0.15, -0.1) is 5.73 Å². The molecule has 2 aromatic rings. The van der Waals surface area contributed by atoms with Gasteiger partial charge in [0.25, 0.3) is 0 Å². The highest BCUT2D eigenvalue weighted by Gasteiger charge is 2.20. The van der Waals surface area contributed by atoms with Gasteiger partial charge in [0, 0.05) is 0 Å². The van der Waals surface area contributed by atoms with E-state index in [2.05, 4.69) is 17.0 Å². The molecule has 114 valence electrons. The number of benzene rings is 2. The third-order valence-electron chi connectivity index (χ3n) is 3.33. The lowest BCUT2D eigenvalue weighted by atomic mass is 10.1. The van der Waals surface area contributed by atoms with Gasteiger partial charge in [-0.25, -0.2) is 13.1 Å². The molecule has 22 heavy (non-hydrogen) atoms. The molecule has 0 saturated heterocycles. The lowest BCUT2D eigenvalue weighted by Gasteiger charge is -2.17. The minimum absolute atomic E-state index is 0.265. The first-order chi connectivity index (χ1) is 10.5. The Bertz CT molecular complexity index is 758. The molecule has 2 aromatic carbocycles. The summed E-state index contributed by atoms with van der Waals surface area (Å²) in [7, 11) is -3.57. The van der Waals surface area contributed by atoms with Crippen LogP contribution in [0.3, 0.4) is 0 Å². The maximum Gasteiger partial charge on any atom is 0.241 e. The van der Waals surface area contributed by atoms with Crippen LogP contribution in [-0.2, 0) is 10.0 Å². The van der Waals surface area contributed by atoms with Crippen LogP contribution in [0.15, 0.2) is 77.9 Å². The quantitative estimate of drug-likeness (QED) is 0.826. The van der Waals surface area contributed by atoms with Gasteiger partial charge in [0.2, 0.25) is 10.0 Å². The first-order valence-electron chi connectivity index (χ1n) is 7.01. The molecule has 0 fully saturated rings. The van der Waals surface area contributed by atoms with Crippen LogP contribution in [0.4, 0.5) is 0 Å². The van der Waals surface area contributed by atoms with Crippen molar-refractivity contribution in [2.24, 2.45) is 0 Å². The van der Waals surface area contributed by atoms with Gasteiger partial charge in [0.15, 0.2) is 0 Å². The van der Waals surface area contributed by atoms with Gasteiger partial charge >= 0.3 is 0 Å². The van der Waals surface area contributed by atoms with Crippen LogP contribution in [0.1, 0.15) is 23.6 Å². The fourth-order valence-corrected chi connectivity index (χ4v) is 3.35. The van der Waals surface area contributed by atoms with Crippen molar-refractivity contribution in [1.29, 1.82) is 0 Å². The SMILES string of the molecule is C=C=CCC(NS(=O)(=O)c1ccc(C)cc1)c1ccccc1. The van der Waals surface area contributed by atoms with Gasteiger partial charge in [-0.1, -0.05) is 54.6 Å². The van der Waals surface area contributed by atoms with E-state index < -0.39 is 10.0 Å². The number of hydrogen-bond donors (Lipinski definition) is 1. The van der Waals surface area contributed by atoms with E-state index in [4.69, 9.17) is 0 Å². The first-order valence-corrected chi connectivity index (χ1v) is 8.49. The van der Waals surface area contributed by atoms with Crippen LogP contribution in [-0.4, -0.2) is 8.42 Å². The van der Waals surface area contributed by atoms with Crippen LogP contribution in [0.25, 0.3) is 0 Å². The lowest BCUT2D eigenvalue weighted by molar-refractivity contribution is 0.557. The monoisotopic (exact) mass is 313 g/mol. The van der Waals surface area contributed by atoms with E-state index in [1.165, 1.54) is 0 Å². The second kappa shape index (κ2) is 7.23. The van der Waals surface area contributed by atoms with Crippen molar-refractivity contribution in [2.45, 2.75) is 24.3 Å². The summed E-state index contributed by atoms with van der Waals surface area (Å²) >= 11 is 0. The molecule has 2 rings (SSSR count). The maximum absolute atomic E-state index is 12.5. The maximum atomic E-state index is 12.5. The van der Waals surface area contributed by atoms with Crippen LogP contribution < -0.4 is 4.72 Å². The molecule has 3 nitrogen and oxygen atoms in total. The molecule has 0 aliphatic rings. The second-order valence-electron chi connectivity index (χ2n) is 5.04. The molecule has 0 aliphatic carbocycles.